The van der Waals surface area contributed by atoms with E-state index in [1.165, 1.54) is 4.70 Å². The van der Waals surface area contributed by atoms with Gasteiger partial charge in [0.15, 0.2) is 11.5 Å². The summed E-state index contributed by atoms with van der Waals surface area (Å²) in [5.41, 5.74) is 1.84. The van der Waals surface area contributed by atoms with Gasteiger partial charge in [0, 0.05) is 32.3 Å². The topological polar surface area (TPSA) is 54.9 Å². The number of fused-ring (bicyclic) bond motifs is 1. The zero-order chi connectivity index (χ0) is 23.4. The summed E-state index contributed by atoms with van der Waals surface area (Å²) in [6.45, 7) is 7.73. The molecule has 2 heterocycles. The summed E-state index contributed by atoms with van der Waals surface area (Å²) in [6, 6.07) is 11.8. The van der Waals surface area contributed by atoms with E-state index < -0.39 is 0 Å². The Labute approximate surface area is 203 Å². The van der Waals surface area contributed by atoms with E-state index in [2.05, 4.69) is 11.0 Å². The summed E-state index contributed by atoms with van der Waals surface area (Å²) in [4.78, 5) is 21.7. The van der Waals surface area contributed by atoms with Crippen molar-refractivity contribution in [3.63, 3.8) is 0 Å². The van der Waals surface area contributed by atoms with Gasteiger partial charge in [0.25, 0.3) is 0 Å². The van der Waals surface area contributed by atoms with Crippen molar-refractivity contribution in [2.24, 2.45) is 0 Å². The standard InChI is InChI=1S/C25H28ClN3O3S/c1-17(2)32-25-19(26)14-18(15-21(25)31-3)8-9-24(30)29-12-10-28(11-13-29)16-23-27-20-6-4-5-7-22(20)33-23/h4-9,14-15,17H,10-13,16H2,1-3H3/b9-8+. The van der Waals surface area contributed by atoms with E-state index in [4.69, 9.17) is 26.1 Å². The second kappa shape index (κ2) is 10.5. The van der Waals surface area contributed by atoms with Crippen molar-refractivity contribution in [3.8, 4) is 11.5 Å². The van der Waals surface area contributed by atoms with Crippen molar-refractivity contribution in [2.45, 2.75) is 26.5 Å². The van der Waals surface area contributed by atoms with E-state index in [1.807, 2.05) is 43.0 Å². The van der Waals surface area contributed by atoms with Gasteiger partial charge in [-0.25, -0.2) is 4.98 Å². The molecule has 0 spiro atoms. The van der Waals surface area contributed by atoms with Gasteiger partial charge in [-0.2, -0.15) is 0 Å². The second-order valence-electron chi connectivity index (χ2n) is 8.21. The average Bonchev–Trinajstić information content (AvgIpc) is 3.21. The summed E-state index contributed by atoms with van der Waals surface area (Å²) in [7, 11) is 1.57. The van der Waals surface area contributed by atoms with Gasteiger partial charge >= 0.3 is 0 Å². The molecular weight excluding hydrogens is 458 g/mol. The van der Waals surface area contributed by atoms with Crippen LogP contribution in [0.4, 0.5) is 0 Å². The lowest BCUT2D eigenvalue weighted by Gasteiger charge is -2.33. The van der Waals surface area contributed by atoms with E-state index in [9.17, 15) is 4.79 Å². The maximum atomic E-state index is 12.7. The summed E-state index contributed by atoms with van der Waals surface area (Å²) < 4.78 is 12.4. The molecule has 8 heteroatoms. The first-order chi connectivity index (χ1) is 15.9. The first kappa shape index (κ1) is 23.5. The van der Waals surface area contributed by atoms with E-state index in [1.54, 1.807) is 36.7 Å². The molecule has 0 atom stereocenters. The van der Waals surface area contributed by atoms with E-state index in [-0.39, 0.29) is 12.0 Å². The number of para-hydroxylation sites is 1. The van der Waals surface area contributed by atoms with Crippen LogP contribution >= 0.6 is 22.9 Å². The van der Waals surface area contributed by atoms with Crippen LogP contribution < -0.4 is 9.47 Å². The number of piperazine rings is 1. The van der Waals surface area contributed by atoms with Gasteiger partial charge in [-0.15, -0.1) is 11.3 Å². The molecule has 0 bridgehead atoms. The minimum Gasteiger partial charge on any atom is -0.493 e. The number of aromatic nitrogens is 1. The number of rotatable bonds is 7. The molecule has 0 N–H and O–H groups in total. The predicted octanol–water partition coefficient (Wildman–Crippen LogP) is 5.10. The Morgan fingerprint density at radius 2 is 1.97 bits per heavy atom. The number of halogens is 1. The number of methoxy groups -OCH3 is 1. The van der Waals surface area contributed by atoms with Crippen LogP contribution in [0.3, 0.4) is 0 Å². The van der Waals surface area contributed by atoms with Gasteiger partial charge in [0.05, 0.1) is 35.0 Å². The maximum absolute atomic E-state index is 12.7. The number of nitrogens with zero attached hydrogens (tertiary/aromatic N) is 3. The zero-order valence-corrected chi connectivity index (χ0v) is 20.7. The summed E-state index contributed by atoms with van der Waals surface area (Å²) in [6.07, 6.45) is 3.34. The maximum Gasteiger partial charge on any atom is 0.246 e. The van der Waals surface area contributed by atoms with Crippen LogP contribution in [0.1, 0.15) is 24.4 Å². The van der Waals surface area contributed by atoms with Crippen LogP contribution in [0.2, 0.25) is 5.02 Å². The lowest BCUT2D eigenvalue weighted by Crippen LogP contribution is -2.47. The highest BCUT2D eigenvalue weighted by atomic mass is 35.5. The van der Waals surface area contributed by atoms with Gasteiger partial charge in [0.1, 0.15) is 5.01 Å². The van der Waals surface area contributed by atoms with Crippen molar-refractivity contribution >= 4 is 45.1 Å². The fraction of sp³-hybridized carbons (Fsp3) is 0.360. The number of hydrogen-bond acceptors (Lipinski definition) is 6. The third-order valence-corrected chi connectivity index (χ3v) is 6.71. The Hall–Kier alpha value is -2.61. The highest BCUT2D eigenvalue weighted by Gasteiger charge is 2.21. The number of ether oxygens (including phenoxy) is 2. The molecule has 3 aromatic rings. The Balaban J connectivity index is 1.33. The van der Waals surface area contributed by atoms with Crippen molar-refractivity contribution in [2.75, 3.05) is 33.3 Å². The molecule has 0 unspecified atom stereocenters. The number of carbonyl (C=O) groups is 1. The average molecular weight is 486 g/mol. The van der Waals surface area contributed by atoms with Crippen LogP contribution in [0.25, 0.3) is 16.3 Å². The highest BCUT2D eigenvalue weighted by Crippen LogP contribution is 2.37. The largest absolute Gasteiger partial charge is 0.493 e. The van der Waals surface area contributed by atoms with Gasteiger partial charge in [-0.3, -0.25) is 9.69 Å². The molecule has 1 aromatic heterocycles. The van der Waals surface area contributed by atoms with Crippen molar-refractivity contribution in [3.05, 3.63) is 58.1 Å². The summed E-state index contributed by atoms with van der Waals surface area (Å²) >= 11 is 8.12. The molecule has 1 fully saturated rings. The number of thiazole rings is 1. The molecule has 0 radical (unpaired) electrons. The first-order valence-corrected chi connectivity index (χ1v) is 12.2. The molecule has 4 rings (SSSR count). The minimum absolute atomic E-state index is 0.00719. The fourth-order valence-electron chi connectivity index (χ4n) is 3.76. The molecule has 174 valence electrons. The minimum atomic E-state index is -0.0207. The Kier molecular flexibility index (Phi) is 7.53. The number of benzene rings is 2. The van der Waals surface area contributed by atoms with Crippen molar-refractivity contribution < 1.29 is 14.3 Å². The van der Waals surface area contributed by atoms with E-state index in [0.29, 0.717) is 29.6 Å². The van der Waals surface area contributed by atoms with E-state index >= 15 is 0 Å². The third-order valence-electron chi connectivity index (χ3n) is 5.40. The molecule has 1 amide bonds. The molecule has 1 saturated heterocycles. The van der Waals surface area contributed by atoms with Crippen LogP contribution in [0, 0.1) is 0 Å². The lowest BCUT2D eigenvalue weighted by atomic mass is 10.1. The summed E-state index contributed by atoms with van der Waals surface area (Å²) in [5, 5.41) is 1.57. The normalized spacial score (nSPS) is 15.0. The molecule has 33 heavy (non-hydrogen) atoms. The zero-order valence-electron chi connectivity index (χ0n) is 19.1. The number of hydrogen-bond donors (Lipinski definition) is 0. The second-order valence-corrected chi connectivity index (χ2v) is 9.73. The van der Waals surface area contributed by atoms with Crippen LogP contribution in [-0.4, -0.2) is 60.1 Å². The monoisotopic (exact) mass is 485 g/mol. The van der Waals surface area contributed by atoms with Crippen molar-refractivity contribution in [1.82, 2.24) is 14.8 Å². The van der Waals surface area contributed by atoms with Gasteiger partial charge in [0.2, 0.25) is 5.91 Å². The molecule has 6 nitrogen and oxygen atoms in total. The fourth-order valence-corrected chi connectivity index (χ4v) is 5.04. The number of amides is 1. The van der Waals surface area contributed by atoms with Crippen LogP contribution in [0.15, 0.2) is 42.5 Å². The molecule has 0 saturated carbocycles. The molecule has 2 aromatic carbocycles. The molecular formula is C25H28ClN3O3S. The number of carbonyl (C=O) groups excluding carboxylic acids is 1. The first-order valence-electron chi connectivity index (χ1n) is 11.0. The molecule has 1 aliphatic heterocycles. The van der Waals surface area contributed by atoms with Crippen LogP contribution in [0.5, 0.6) is 11.5 Å². The van der Waals surface area contributed by atoms with Gasteiger partial charge < -0.3 is 14.4 Å². The van der Waals surface area contributed by atoms with Gasteiger partial charge in [-0.05, 0) is 49.8 Å². The highest BCUT2D eigenvalue weighted by molar-refractivity contribution is 7.18. The lowest BCUT2D eigenvalue weighted by molar-refractivity contribution is -0.127. The summed E-state index contributed by atoms with van der Waals surface area (Å²) in [5.74, 6) is 1.06. The van der Waals surface area contributed by atoms with E-state index in [0.717, 1.165) is 35.7 Å². The smallest absolute Gasteiger partial charge is 0.246 e. The van der Waals surface area contributed by atoms with Crippen LogP contribution in [-0.2, 0) is 11.3 Å². The molecule has 0 aliphatic carbocycles. The Morgan fingerprint density at radius 1 is 1.21 bits per heavy atom. The van der Waals surface area contributed by atoms with Crippen molar-refractivity contribution in [1.29, 1.82) is 0 Å². The Bertz CT molecular complexity index is 1120. The SMILES string of the molecule is COc1cc(/C=C/C(=O)N2CCN(Cc3nc4ccccc4s3)CC2)cc(Cl)c1OC(C)C. The van der Waals surface area contributed by atoms with Gasteiger partial charge in [-0.1, -0.05) is 23.7 Å². The third kappa shape index (κ3) is 5.85. The molecule has 1 aliphatic rings. The Morgan fingerprint density at radius 3 is 2.67 bits per heavy atom. The quantitative estimate of drug-likeness (QED) is 0.435. The predicted molar refractivity (Wildman–Crippen MR) is 134 cm³/mol.